The molecule has 1 fully saturated rings. The van der Waals surface area contributed by atoms with Crippen molar-refractivity contribution in [2.24, 2.45) is 0 Å². The van der Waals surface area contributed by atoms with Crippen LogP contribution >= 0.6 is 0 Å². The van der Waals surface area contributed by atoms with E-state index in [2.05, 4.69) is 15.5 Å². The van der Waals surface area contributed by atoms with Crippen molar-refractivity contribution in [3.8, 4) is 0 Å². The molecule has 0 radical (unpaired) electrons. The molecule has 0 amide bonds. The van der Waals surface area contributed by atoms with Crippen LogP contribution in [-0.4, -0.2) is 37.6 Å². The first-order valence-electron chi connectivity index (χ1n) is 5.52. The molecular weight excluding hydrogens is 266 g/mol. The fourth-order valence-electron chi connectivity index (χ4n) is 1.44. The van der Waals surface area contributed by atoms with Crippen LogP contribution in [0.15, 0.2) is 11.2 Å². The first-order chi connectivity index (χ1) is 8.49. The Hall–Kier alpha value is -1.06. The van der Waals surface area contributed by atoms with Gasteiger partial charge < -0.3 is 5.32 Å². The number of hydrogen-bond acceptors (Lipinski definition) is 4. The van der Waals surface area contributed by atoms with E-state index in [0.717, 1.165) is 12.8 Å². The molecule has 0 aliphatic heterocycles. The van der Waals surface area contributed by atoms with Gasteiger partial charge in [0.05, 0.1) is 12.7 Å². The van der Waals surface area contributed by atoms with Crippen LogP contribution in [-0.2, 0) is 16.6 Å². The molecule has 0 bridgehead atoms. The topological polar surface area (TPSA) is 86.9 Å². The van der Waals surface area contributed by atoms with Crippen LogP contribution in [0.1, 0.15) is 18.4 Å². The molecule has 9 heteroatoms. The molecule has 0 aromatic carbocycles. The van der Waals surface area contributed by atoms with Crippen LogP contribution in [0.25, 0.3) is 0 Å². The van der Waals surface area contributed by atoms with Crippen molar-refractivity contribution in [2.75, 3.05) is 6.54 Å². The number of nitrogens with zero attached hydrogens (tertiary/aromatic N) is 1. The third kappa shape index (κ3) is 3.47. The van der Waals surface area contributed by atoms with E-state index in [-0.39, 0.29) is 5.03 Å². The third-order valence-corrected chi connectivity index (χ3v) is 3.97. The maximum atomic E-state index is 12.0. The van der Waals surface area contributed by atoms with E-state index in [0.29, 0.717) is 18.2 Å². The van der Waals surface area contributed by atoms with Crippen LogP contribution in [0.3, 0.4) is 0 Å². The van der Waals surface area contributed by atoms with E-state index in [4.69, 9.17) is 0 Å². The lowest BCUT2D eigenvalue weighted by atomic mass is 10.3. The summed E-state index contributed by atoms with van der Waals surface area (Å²) in [5.41, 5.74) is 0.448. The van der Waals surface area contributed by atoms with Crippen molar-refractivity contribution in [3.63, 3.8) is 0 Å². The standard InChI is InChI=1S/C9H14F2N4O2S/c10-8(11)5-14-18(16,17)9-6(4-13-15-9)3-12-7-1-2-7/h4,7-8,12,14H,1-3,5H2,(H,13,15). The number of aromatic nitrogens is 2. The summed E-state index contributed by atoms with van der Waals surface area (Å²) in [7, 11) is -3.96. The number of hydrogen-bond donors (Lipinski definition) is 3. The third-order valence-electron chi connectivity index (χ3n) is 2.53. The highest BCUT2D eigenvalue weighted by Crippen LogP contribution is 2.20. The highest BCUT2D eigenvalue weighted by molar-refractivity contribution is 7.89. The Morgan fingerprint density at radius 3 is 2.83 bits per heavy atom. The molecule has 6 nitrogen and oxygen atoms in total. The van der Waals surface area contributed by atoms with Gasteiger partial charge in [0.15, 0.2) is 5.03 Å². The molecule has 1 saturated carbocycles. The summed E-state index contributed by atoms with van der Waals surface area (Å²) < 4.78 is 49.3. The molecule has 102 valence electrons. The predicted molar refractivity (Wildman–Crippen MR) is 59.6 cm³/mol. The van der Waals surface area contributed by atoms with Crippen molar-refractivity contribution < 1.29 is 17.2 Å². The summed E-state index contributed by atoms with van der Waals surface area (Å²) in [5, 5.41) is 8.95. The van der Waals surface area contributed by atoms with E-state index in [1.165, 1.54) is 6.20 Å². The molecule has 0 unspecified atom stereocenters. The Bertz CT molecular complexity index is 498. The van der Waals surface area contributed by atoms with E-state index in [9.17, 15) is 17.2 Å². The summed E-state index contributed by atoms with van der Waals surface area (Å²) in [6.45, 7) is -0.553. The van der Waals surface area contributed by atoms with Gasteiger partial charge in [0.1, 0.15) is 0 Å². The number of alkyl halides is 2. The molecule has 1 aromatic rings. The van der Waals surface area contributed by atoms with Crippen molar-refractivity contribution in [2.45, 2.75) is 36.9 Å². The summed E-state index contributed by atoms with van der Waals surface area (Å²) >= 11 is 0. The normalized spacial score (nSPS) is 16.4. The van der Waals surface area contributed by atoms with Crippen molar-refractivity contribution >= 4 is 10.0 Å². The van der Waals surface area contributed by atoms with Crippen molar-refractivity contribution in [1.29, 1.82) is 0 Å². The minimum Gasteiger partial charge on any atom is -0.310 e. The van der Waals surface area contributed by atoms with Crippen molar-refractivity contribution in [3.05, 3.63) is 11.8 Å². The Kier molecular flexibility index (Phi) is 3.93. The molecule has 0 atom stereocenters. The number of H-pyrrole nitrogens is 1. The molecule has 18 heavy (non-hydrogen) atoms. The first kappa shape index (κ1) is 13.4. The second-order valence-corrected chi connectivity index (χ2v) is 5.83. The molecule has 1 aliphatic rings. The lowest BCUT2D eigenvalue weighted by molar-refractivity contribution is 0.153. The highest BCUT2D eigenvalue weighted by atomic mass is 32.2. The Labute approximate surface area is 103 Å². The highest BCUT2D eigenvalue weighted by Gasteiger charge is 2.24. The molecule has 3 N–H and O–H groups in total. The number of halogens is 2. The van der Waals surface area contributed by atoms with Gasteiger partial charge in [-0.15, -0.1) is 0 Å². The number of aromatic amines is 1. The average molecular weight is 280 g/mol. The monoisotopic (exact) mass is 280 g/mol. The largest absolute Gasteiger partial charge is 0.310 e. The average Bonchev–Trinajstić information content (AvgIpc) is 3.00. The summed E-state index contributed by atoms with van der Waals surface area (Å²) in [6, 6.07) is 0.421. The molecule has 2 rings (SSSR count). The maximum Gasteiger partial charge on any atom is 0.257 e. The minimum atomic E-state index is -3.96. The minimum absolute atomic E-state index is 0.156. The molecule has 0 saturated heterocycles. The van der Waals surface area contributed by atoms with E-state index in [1.807, 2.05) is 4.72 Å². The van der Waals surface area contributed by atoms with E-state index in [1.54, 1.807) is 0 Å². The van der Waals surface area contributed by atoms with Gasteiger partial charge >= 0.3 is 0 Å². The SMILES string of the molecule is O=S(=O)(NCC(F)F)c1[nH]ncc1CNC1CC1. The zero-order chi connectivity index (χ0) is 13.2. The molecular formula is C9H14F2N4O2S. The smallest absolute Gasteiger partial charge is 0.257 e. The van der Waals surface area contributed by atoms with E-state index >= 15 is 0 Å². The summed E-state index contributed by atoms with van der Waals surface area (Å²) in [4.78, 5) is 0. The van der Waals surface area contributed by atoms with Crippen LogP contribution in [0, 0.1) is 0 Å². The molecule has 1 aliphatic carbocycles. The van der Waals surface area contributed by atoms with Crippen LogP contribution in [0.4, 0.5) is 8.78 Å². The first-order valence-corrected chi connectivity index (χ1v) is 7.01. The Morgan fingerprint density at radius 1 is 1.50 bits per heavy atom. The summed E-state index contributed by atoms with van der Waals surface area (Å²) in [5.74, 6) is 0. The number of rotatable bonds is 7. The summed E-state index contributed by atoms with van der Waals surface area (Å²) in [6.07, 6.45) is 0.801. The zero-order valence-electron chi connectivity index (χ0n) is 9.49. The second-order valence-electron chi connectivity index (χ2n) is 4.12. The van der Waals surface area contributed by atoms with Crippen molar-refractivity contribution in [1.82, 2.24) is 20.2 Å². The molecule has 1 heterocycles. The van der Waals surface area contributed by atoms with Gasteiger partial charge in [-0.3, -0.25) is 5.10 Å². The van der Waals surface area contributed by atoms with Crippen LogP contribution in [0.2, 0.25) is 0 Å². The van der Waals surface area contributed by atoms with Gasteiger partial charge in [-0.05, 0) is 12.8 Å². The molecule has 1 aromatic heterocycles. The van der Waals surface area contributed by atoms with Crippen LogP contribution in [0.5, 0.6) is 0 Å². The number of nitrogens with one attached hydrogen (secondary N) is 3. The van der Waals surface area contributed by atoms with Gasteiger partial charge in [0.25, 0.3) is 16.4 Å². The number of sulfonamides is 1. The Morgan fingerprint density at radius 2 is 2.22 bits per heavy atom. The van der Waals surface area contributed by atoms with Crippen LogP contribution < -0.4 is 10.0 Å². The van der Waals surface area contributed by atoms with Gasteiger partial charge in [0, 0.05) is 18.2 Å². The quantitative estimate of drug-likeness (QED) is 0.666. The Balaban J connectivity index is 2.03. The van der Waals surface area contributed by atoms with Gasteiger partial charge in [-0.1, -0.05) is 0 Å². The van der Waals surface area contributed by atoms with Gasteiger partial charge in [0.2, 0.25) is 0 Å². The lowest BCUT2D eigenvalue weighted by Gasteiger charge is -2.07. The van der Waals surface area contributed by atoms with Gasteiger partial charge in [-0.25, -0.2) is 21.9 Å². The maximum absolute atomic E-state index is 12.0. The predicted octanol–water partition coefficient (Wildman–Crippen LogP) is 0.205. The molecule has 0 spiro atoms. The lowest BCUT2D eigenvalue weighted by Crippen LogP contribution is -2.30. The zero-order valence-corrected chi connectivity index (χ0v) is 10.3. The fraction of sp³-hybridized carbons (Fsp3) is 0.667. The fourth-order valence-corrected chi connectivity index (χ4v) is 2.58. The second kappa shape index (κ2) is 5.29. The van der Waals surface area contributed by atoms with Gasteiger partial charge in [-0.2, -0.15) is 5.10 Å². The van der Waals surface area contributed by atoms with E-state index < -0.39 is 23.0 Å².